The van der Waals surface area contributed by atoms with Gasteiger partial charge in [0.2, 0.25) is 11.8 Å². The highest BCUT2D eigenvalue weighted by molar-refractivity contribution is 6.03. The third kappa shape index (κ3) is 3.43. The number of carbonyl (C=O) groups excluding carboxylic acids is 3. The molecule has 16 heavy (non-hydrogen) atoms. The molecule has 0 radical (unpaired) electrons. The van der Waals surface area contributed by atoms with Crippen LogP contribution in [0, 0.1) is 5.92 Å². The minimum Gasteiger partial charge on any atom is -0.300 e. The first-order valence-corrected chi connectivity index (χ1v) is 5.86. The van der Waals surface area contributed by atoms with Crippen molar-refractivity contribution < 1.29 is 14.4 Å². The molecule has 1 atom stereocenters. The van der Waals surface area contributed by atoms with Crippen molar-refractivity contribution in [1.82, 2.24) is 4.90 Å². The molecule has 0 saturated carbocycles. The maximum Gasteiger partial charge on any atom is 0.232 e. The Morgan fingerprint density at radius 1 is 1.31 bits per heavy atom. The summed E-state index contributed by atoms with van der Waals surface area (Å²) in [6.45, 7) is 3.88. The molecule has 0 spiro atoms. The molecule has 0 aromatic carbocycles. The number of Topliss-reactive ketones (excluding diaryl/α,β-unsaturated/α-hetero) is 1. The summed E-state index contributed by atoms with van der Waals surface area (Å²) in [5.74, 6) is -0.0488. The van der Waals surface area contributed by atoms with Crippen LogP contribution in [0.4, 0.5) is 0 Å². The van der Waals surface area contributed by atoms with Gasteiger partial charge in [-0.05, 0) is 19.8 Å². The Bertz CT molecular complexity index is 299. The second kappa shape index (κ2) is 5.77. The number of hydrogen-bond donors (Lipinski definition) is 0. The van der Waals surface area contributed by atoms with Crippen molar-refractivity contribution in [2.75, 3.05) is 6.54 Å². The van der Waals surface area contributed by atoms with E-state index in [4.69, 9.17) is 0 Å². The molecule has 90 valence electrons. The Hall–Kier alpha value is -1.19. The van der Waals surface area contributed by atoms with Crippen LogP contribution in [0.1, 0.15) is 46.0 Å². The molecule has 1 rings (SSSR count). The topological polar surface area (TPSA) is 54.5 Å². The summed E-state index contributed by atoms with van der Waals surface area (Å²) >= 11 is 0. The summed E-state index contributed by atoms with van der Waals surface area (Å²) in [4.78, 5) is 35.0. The molecule has 2 amide bonds. The minimum atomic E-state index is -0.148. The molecule has 0 N–H and O–H groups in total. The molecule has 1 aliphatic rings. The van der Waals surface area contributed by atoms with Crippen LogP contribution in [0.15, 0.2) is 0 Å². The fraction of sp³-hybridized carbons (Fsp3) is 0.750. The van der Waals surface area contributed by atoms with E-state index in [0.717, 1.165) is 19.3 Å². The number of rotatable bonds is 6. The summed E-state index contributed by atoms with van der Waals surface area (Å²) in [6, 6.07) is 0. The van der Waals surface area contributed by atoms with E-state index in [0.29, 0.717) is 19.4 Å². The number of hydrogen-bond acceptors (Lipinski definition) is 3. The fourth-order valence-electron chi connectivity index (χ4n) is 1.90. The van der Waals surface area contributed by atoms with Crippen LogP contribution in [0.25, 0.3) is 0 Å². The molecule has 0 bridgehead atoms. The van der Waals surface area contributed by atoms with Gasteiger partial charge in [0.05, 0.1) is 0 Å². The number of likely N-dealkylation sites (tertiary alicyclic amines) is 1. The van der Waals surface area contributed by atoms with E-state index in [1.807, 2.05) is 0 Å². The van der Waals surface area contributed by atoms with Crippen molar-refractivity contribution in [2.24, 2.45) is 5.92 Å². The van der Waals surface area contributed by atoms with Crippen molar-refractivity contribution in [2.45, 2.75) is 46.0 Å². The van der Waals surface area contributed by atoms with Gasteiger partial charge in [-0.3, -0.25) is 14.5 Å². The maximum atomic E-state index is 11.5. The van der Waals surface area contributed by atoms with Crippen LogP contribution in [0.5, 0.6) is 0 Å². The van der Waals surface area contributed by atoms with Crippen molar-refractivity contribution in [3.05, 3.63) is 0 Å². The van der Waals surface area contributed by atoms with Crippen LogP contribution in [-0.4, -0.2) is 29.0 Å². The fourth-order valence-corrected chi connectivity index (χ4v) is 1.90. The number of imide groups is 1. The monoisotopic (exact) mass is 225 g/mol. The van der Waals surface area contributed by atoms with E-state index in [2.05, 4.69) is 0 Å². The quantitative estimate of drug-likeness (QED) is 0.509. The van der Waals surface area contributed by atoms with Gasteiger partial charge in [0.1, 0.15) is 5.78 Å². The predicted molar refractivity (Wildman–Crippen MR) is 59.7 cm³/mol. The van der Waals surface area contributed by atoms with Gasteiger partial charge in [-0.2, -0.15) is 0 Å². The molecule has 1 fully saturated rings. The lowest BCUT2D eigenvalue weighted by Gasteiger charge is -2.13. The Balaban J connectivity index is 2.20. The number of amides is 2. The van der Waals surface area contributed by atoms with Crippen molar-refractivity contribution in [3.63, 3.8) is 0 Å². The number of nitrogens with zero attached hydrogens (tertiary/aromatic N) is 1. The van der Waals surface area contributed by atoms with Gasteiger partial charge < -0.3 is 4.79 Å². The molecule has 0 aromatic rings. The number of unbranched alkanes of at least 4 members (excludes halogenated alkanes) is 2. The number of ketones is 1. The van der Waals surface area contributed by atoms with Gasteiger partial charge in [-0.15, -0.1) is 0 Å². The van der Waals surface area contributed by atoms with Crippen LogP contribution in [0.3, 0.4) is 0 Å². The Labute approximate surface area is 96.0 Å². The van der Waals surface area contributed by atoms with Crippen LogP contribution in [-0.2, 0) is 14.4 Å². The first-order valence-electron chi connectivity index (χ1n) is 5.86. The Morgan fingerprint density at radius 2 is 2.00 bits per heavy atom. The summed E-state index contributed by atoms with van der Waals surface area (Å²) in [7, 11) is 0. The summed E-state index contributed by atoms with van der Waals surface area (Å²) in [6.07, 6.45) is 3.49. The Kier molecular flexibility index (Phi) is 4.65. The normalized spacial score (nSPS) is 20.6. The van der Waals surface area contributed by atoms with Crippen molar-refractivity contribution in [1.29, 1.82) is 0 Å². The predicted octanol–water partition coefficient (Wildman–Crippen LogP) is 1.53. The van der Waals surface area contributed by atoms with Gasteiger partial charge in [-0.1, -0.05) is 13.3 Å². The summed E-state index contributed by atoms with van der Waals surface area (Å²) < 4.78 is 0. The second-order valence-electron chi connectivity index (χ2n) is 4.50. The molecule has 1 saturated heterocycles. The van der Waals surface area contributed by atoms with E-state index in [1.54, 1.807) is 13.8 Å². The summed E-state index contributed by atoms with van der Waals surface area (Å²) in [5, 5.41) is 0. The molecular weight excluding hydrogens is 206 g/mol. The number of carbonyl (C=O) groups is 3. The lowest BCUT2D eigenvalue weighted by Crippen LogP contribution is -2.31. The van der Waals surface area contributed by atoms with Gasteiger partial charge in [0.25, 0.3) is 0 Å². The molecule has 0 aliphatic carbocycles. The van der Waals surface area contributed by atoms with E-state index in [-0.39, 0.29) is 23.5 Å². The van der Waals surface area contributed by atoms with E-state index < -0.39 is 0 Å². The zero-order chi connectivity index (χ0) is 12.1. The van der Waals surface area contributed by atoms with Crippen LogP contribution in [0.2, 0.25) is 0 Å². The first kappa shape index (κ1) is 12.9. The average molecular weight is 225 g/mol. The molecule has 0 unspecified atom stereocenters. The third-order valence-corrected chi connectivity index (χ3v) is 2.88. The van der Waals surface area contributed by atoms with Gasteiger partial charge in [0, 0.05) is 25.3 Å². The second-order valence-corrected chi connectivity index (χ2v) is 4.50. The first-order chi connectivity index (χ1) is 7.52. The maximum absolute atomic E-state index is 11.5. The van der Waals surface area contributed by atoms with E-state index in [9.17, 15) is 14.4 Å². The SMILES string of the molecule is CC(=O)CCCCCN1C(=O)C[C@H](C)C1=O. The standard InChI is InChI=1S/C12H19NO3/c1-9-8-11(15)13(12(9)16)7-5-3-4-6-10(2)14/h9H,3-8H2,1-2H3/t9-/m0/s1. The summed E-state index contributed by atoms with van der Waals surface area (Å²) in [5.41, 5.74) is 0. The lowest BCUT2D eigenvalue weighted by molar-refractivity contribution is -0.139. The van der Waals surface area contributed by atoms with Crippen LogP contribution < -0.4 is 0 Å². The molecular formula is C12H19NO3. The zero-order valence-electron chi connectivity index (χ0n) is 9.99. The smallest absolute Gasteiger partial charge is 0.232 e. The molecule has 4 nitrogen and oxygen atoms in total. The Morgan fingerprint density at radius 3 is 2.50 bits per heavy atom. The highest BCUT2D eigenvalue weighted by Crippen LogP contribution is 2.19. The highest BCUT2D eigenvalue weighted by atomic mass is 16.2. The average Bonchev–Trinajstić information content (AvgIpc) is 2.43. The zero-order valence-corrected chi connectivity index (χ0v) is 9.99. The van der Waals surface area contributed by atoms with Gasteiger partial charge in [0.15, 0.2) is 0 Å². The van der Waals surface area contributed by atoms with Crippen molar-refractivity contribution >= 4 is 17.6 Å². The molecule has 1 heterocycles. The van der Waals surface area contributed by atoms with E-state index in [1.165, 1.54) is 4.90 Å². The lowest BCUT2D eigenvalue weighted by atomic mass is 10.1. The molecule has 4 heteroatoms. The highest BCUT2D eigenvalue weighted by Gasteiger charge is 2.34. The van der Waals surface area contributed by atoms with E-state index >= 15 is 0 Å². The molecule has 1 aliphatic heterocycles. The largest absolute Gasteiger partial charge is 0.300 e. The van der Waals surface area contributed by atoms with Crippen molar-refractivity contribution in [3.8, 4) is 0 Å². The minimum absolute atomic E-state index is 0.0448. The van der Waals surface area contributed by atoms with Crippen LogP contribution >= 0.6 is 0 Å². The third-order valence-electron chi connectivity index (χ3n) is 2.88. The van der Waals surface area contributed by atoms with Gasteiger partial charge >= 0.3 is 0 Å². The van der Waals surface area contributed by atoms with Gasteiger partial charge in [-0.25, -0.2) is 0 Å². The molecule has 0 aromatic heterocycles.